The summed E-state index contributed by atoms with van der Waals surface area (Å²) in [7, 11) is 3.15. The fraction of sp³-hybridized carbons (Fsp3) is 0.348. The van der Waals surface area contributed by atoms with Crippen molar-refractivity contribution in [1.29, 1.82) is 0 Å². The Hall–Kier alpha value is -3.35. The summed E-state index contributed by atoms with van der Waals surface area (Å²) in [6.45, 7) is 2.02. The Kier molecular flexibility index (Phi) is 7.43. The minimum Gasteiger partial charge on any atom is -0.493 e. The van der Waals surface area contributed by atoms with Gasteiger partial charge < -0.3 is 19.3 Å². The summed E-state index contributed by atoms with van der Waals surface area (Å²) in [6, 6.07) is 15.8. The summed E-state index contributed by atoms with van der Waals surface area (Å²) in [5.74, 6) is 2.06. The maximum absolute atomic E-state index is 12.2. The second-order valence-corrected chi connectivity index (χ2v) is 7.07. The molecule has 3 rings (SSSR count). The number of ether oxygens (including phenoxy) is 2. The van der Waals surface area contributed by atoms with Crippen molar-refractivity contribution in [2.75, 3.05) is 14.2 Å². The van der Waals surface area contributed by atoms with Crippen molar-refractivity contribution in [3.05, 3.63) is 60.0 Å². The van der Waals surface area contributed by atoms with E-state index < -0.39 is 0 Å². The molecule has 1 N–H and O–H groups in total. The lowest BCUT2D eigenvalue weighted by Gasteiger charge is -2.13. The largest absolute Gasteiger partial charge is 0.493 e. The monoisotopic (exact) mass is 409 g/mol. The van der Waals surface area contributed by atoms with Crippen molar-refractivity contribution in [3.8, 4) is 22.9 Å². The molecule has 1 aromatic heterocycles. The summed E-state index contributed by atoms with van der Waals surface area (Å²) in [5, 5.41) is 7.03. The summed E-state index contributed by atoms with van der Waals surface area (Å²) in [6.07, 6.45) is 2.50. The van der Waals surface area contributed by atoms with Gasteiger partial charge in [0, 0.05) is 24.4 Å². The van der Waals surface area contributed by atoms with Gasteiger partial charge in [-0.05, 0) is 43.5 Å². The fourth-order valence-electron chi connectivity index (χ4n) is 3.12. The topological polar surface area (TPSA) is 86.5 Å². The van der Waals surface area contributed by atoms with Crippen molar-refractivity contribution in [2.45, 2.75) is 38.6 Å². The first kappa shape index (κ1) is 21.4. The number of methoxy groups -OCH3 is 2. The maximum atomic E-state index is 12.2. The molecule has 0 radical (unpaired) electrons. The second kappa shape index (κ2) is 10.4. The molecule has 0 unspecified atom stereocenters. The maximum Gasteiger partial charge on any atom is 0.227 e. The summed E-state index contributed by atoms with van der Waals surface area (Å²) < 4.78 is 15.8. The standard InChI is InChI=1S/C23H27N3O4/c1-16(9-10-17-7-5-4-6-8-17)24-21(27)13-14-22-25-23(26-30-22)18-11-12-19(28-2)20(15-18)29-3/h4-8,11-12,15-16H,9-10,13-14H2,1-3H3,(H,24,27)/t16-/m0/s1. The smallest absolute Gasteiger partial charge is 0.227 e. The molecule has 0 saturated heterocycles. The highest BCUT2D eigenvalue weighted by molar-refractivity contribution is 5.76. The zero-order chi connectivity index (χ0) is 21.3. The second-order valence-electron chi connectivity index (χ2n) is 7.07. The number of carbonyl (C=O) groups is 1. The molecule has 1 heterocycles. The van der Waals surface area contributed by atoms with Crippen molar-refractivity contribution in [3.63, 3.8) is 0 Å². The third-order valence-corrected chi connectivity index (χ3v) is 4.79. The number of rotatable bonds is 10. The van der Waals surface area contributed by atoms with E-state index in [-0.39, 0.29) is 11.9 Å². The minimum absolute atomic E-state index is 0.0265. The van der Waals surface area contributed by atoms with Gasteiger partial charge in [-0.15, -0.1) is 0 Å². The Morgan fingerprint density at radius 1 is 1.07 bits per heavy atom. The molecule has 158 valence electrons. The van der Waals surface area contributed by atoms with E-state index in [1.165, 1.54) is 5.56 Å². The number of aromatic nitrogens is 2. The van der Waals surface area contributed by atoms with Gasteiger partial charge in [0.25, 0.3) is 0 Å². The van der Waals surface area contributed by atoms with E-state index >= 15 is 0 Å². The SMILES string of the molecule is COc1ccc(-c2noc(CCC(=O)N[C@@H](C)CCc3ccccc3)n2)cc1OC. The predicted molar refractivity (Wildman–Crippen MR) is 114 cm³/mol. The Bertz CT molecular complexity index is 956. The molecular formula is C23H27N3O4. The van der Waals surface area contributed by atoms with Gasteiger partial charge in [0.15, 0.2) is 11.5 Å². The molecule has 7 nitrogen and oxygen atoms in total. The molecule has 30 heavy (non-hydrogen) atoms. The highest BCUT2D eigenvalue weighted by atomic mass is 16.5. The Morgan fingerprint density at radius 3 is 2.57 bits per heavy atom. The van der Waals surface area contributed by atoms with Crippen LogP contribution < -0.4 is 14.8 Å². The Labute approximate surface area is 176 Å². The lowest BCUT2D eigenvalue weighted by atomic mass is 10.1. The molecule has 2 aromatic carbocycles. The number of nitrogens with one attached hydrogen (secondary N) is 1. The average molecular weight is 409 g/mol. The van der Waals surface area contributed by atoms with Crippen LogP contribution in [0, 0.1) is 0 Å². The first-order valence-corrected chi connectivity index (χ1v) is 9.97. The first-order chi connectivity index (χ1) is 14.6. The number of hydrogen-bond acceptors (Lipinski definition) is 6. The van der Waals surface area contributed by atoms with Crippen LogP contribution in [-0.4, -0.2) is 36.3 Å². The molecule has 0 aliphatic heterocycles. The van der Waals surface area contributed by atoms with Crippen LogP contribution in [0.2, 0.25) is 0 Å². The molecule has 1 atom stereocenters. The third kappa shape index (κ3) is 5.83. The highest BCUT2D eigenvalue weighted by Crippen LogP contribution is 2.31. The molecule has 1 amide bonds. The number of amides is 1. The zero-order valence-electron chi connectivity index (χ0n) is 17.6. The van der Waals surface area contributed by atoms with Crippen molar-refractivity contribution in [2.24, 2.45) is 0 Å². The van der Waals surface area contributed by atoms with Gasteiger partial charge in [-0.25, -0.2) is 0 Å². The zero-order valence-corrected chi connectivity index (χ0v) is 17.6. The fourth-order valence-corrected chi connectivity index (χ4v) is 3.12. The van der Waals surface area contributed by atoms with Crippen LogP contribution >= 0.6 is 0 Å². The van der Waals surface area contributed by atoms with Crippen LogP contribution in [0.15, 0.2) is 53.1 Å². The Morgan fingerprint density at radius 2 is 1.83 bits per heavy atom. The van der Waals surface area contributed by atoms with Crippen LogP contribution in [-0.2, 0) is 17.6 Å². The average Bonchev–Trinajstić information content (AvgIpc) is 3.25. The van der Waals surface area contributed by atoms with E-state index in [1.807, 2.05) is 31.2 Å². The molecule has 0 fully saturated rings. The minimum atomic E-state index is -0.0265. The number of benzene rings is 2. The normalized spacial score (nSPS) is 11.7. The highest BCUT2D eigenvalue weighted by Gasteiger charge is 2.14. The van der Waals surface area contributed by atoms with Crippen LogP contribution in [0.5, 0.6) is 11.5 Å². The third-order valence-electron chi connectivity index (χ3n) is 4.79. The van der Waals surface area contributed by atoms with Crippen molar-refractivity contribution >= 4 is 5.91 Å². The van der Waals surface area contributed by atoms with E-state index in [4.69, 9.17) is 14.0 Å². The van der Waals surface area contributed by atoms with E-state index in [9.17, 15) is 4.79 Å². The van der Waals surface area contributed by atoms with Crippen LogP contribution in [0.25, 0.3) is 11.4 Å². The van der Waals surface area contributed by atoms with Gasteiger partial charge in [-0.1, -0.05) is 35.5 Å². The van der Waals surface area contributed by atoms with Gasteiger partial charge in [-0.3, -0.25) is 4.79 Å². The van der Waals surface area contributed by atoms with Gasteiger partial charge >= 0.3 is 0 Å². The summed E-state index contributed by atoms with van der Waals surface area (Å²) in [5.41, 5.74) is 2.02. The number of hydrogen-bond donors (Lipinski definition) is 1. The van der Waals surface area contributed by atoms with Gasteiger partial charge in [-0.2, -0.15) is 4.98 Å². The van der Waals surface area contributed by atoms with Gasteiger partial charge in [0.1, 0.15) is 0 Å². The molecule has 0 aliphatic carbocycles. The van der Waals surface area contributed by atoms with E-state index in [1.54, 1.807) is 26.4 Å². The Balaban J connectivity index is 1.48. The molecule has 7 heteroatoms. The van der Waals surface area contributed by atoms with Crippen LogP contribution in [0.4, 0.5) is 0 Å². The van der Waals surface area contributed by atoms with Crippen molar-refractivity contribution in [1.82, 2.24) is 15.5 Å². The van der Waals surface area contributed by atoms with Gasteiger partial charge in [0.2, 0.25) is 17.6 Å². The van der Waals surface area contributed by atoms with Crippen molar-refractivity contribution < 1.29 is 18.8 Å². The first-order valence-electron chi connectivity index (χ1n) is 9.97. The summed E-state index contributed by atoms with van der Waals surface area (Å²) >= 11 is 0. The molecule has 3 aromatic rings. The summed E-state index contributed by atoms with van der Waals surface area (Å²) in [4.78, 5) is 16.6. The molecule has 0 spiro atoms. The lowest BCUT2D eigenvalue weighted by Crippen LogP contribution is -2.33. The number of aryl methyl sites for hydroxylation is 2. The molecule has 0 bridgehead atoms. The number of carbonyl (C=O) groups excluding carboxylic acids is 1. The predicted octanol–water partition coefficient (Wildman–Crippen LogP) is 3.82. The number of nitrogens with zero attached hydrogens (tertiary/aromatic N) is 2. The van der Waals surface area contributed by atoms with Crippen LogP contribution in [0.1, 0.15) is 31.2 Å². The lowest BCUT2D eigenvalue weighted by molar-refractivity contribution is -0.121. The van der Waals surface area contributed by atoms with Crippen LogP contribution in [0.3, 0.4) is 0 Å². The van der Waals surface area contributed by atoms with E-state index in [2.05, 4.69) is 27.6 Å². The quantitative estimate of drug-likeness (QED) is 0.548. The molecule has 0 saturated carbocycles. The van der Waals surface area contributed by atoms with E-state index in [0.29, 0.717) is 36.1 Å². The van der Waals surface area contributed by atoms with E-state index in [0.717, 1.165) is 18.4 Å². The molecular weight excluding hydrogens is 382 g/mol. The van der Waals surface area contributed by atoms with Gasteiger partial charge in [0.05, 0.1) is 14.2 Å². The molecule has 0 aliphatic rings.